The lowest BCUT2D eigenvalue weighted by molar-refractivity contribution is 0.450. The first-order valence-electron chi connectivity index (χ1n) is 8.86. The van der Waals surface area contributed by atoms with E-state index in [0.717, 1.165) is 34.3 Å². The first kappa shape index (κ1) is 18.5. The van der Waals surface area contributed by atoms with Gasteiger partial charge < -0.3 is 4.74 Å². The van der Waals surface area contributed by atoms with Crippen molar-refractivity contribution in [2.45, 2.75) is 45.0 Å². The molecule has 26 heavy (non-hydrogen) atoms. The number of aryl methyl sites for hydroxylation is 3. The molecule has 0 unspecified atom stereocenters. The van der Waals surface area contributed by atoms with Crippen LogP contribution in [-0.4, -0.2) is 9.97 Å². The maximum Gasteiger partial charge on any atom is 0.223 e. The summed E-state index contributed by atoms with van der Waals surface area (Å²) in [5, 5.41) is 0.757. The zero-order chi connectivity index (χ0) is 18.5. The van der Waals surface area contributed by atoms with Crippen molar-refractivity contribution in [2.24, 2.45) is 0 Å². The van der Waals surface area contributed by atoms with Crippen molar-refractivity contribution in [3.05, 3.63) is 76.5 Å². The smallest absolute Gasteiger partial charge is 0.223 e. The number of ether oxygens (including phenoxy) is 1. The minimum absolute atomic E-state index is 0.609. The minimum atomic E-state index is 0.609. The Morgan fingerprint density at radius 1 is 0.923 bits per heavy atom. The Labute approximate surface area is 159 Å². The Kier molecular flexibility index (Phi) is 5.94. The molecule has 1 heterocycles. The third kappa shape index (κ3) is 4.44. The third-order valence-corrected chi connectivity index (χ3v) is 5.38. The highest BCUT2D eigenvalue weighted by molar-refractivity contribution is 7.98. The van der Waals surface area contributed by atoms with Crippen molar-refractivity contribution in [3.8, 4) is 11.6 Å². The SMILES string of the molecule is CCc1cc(Oc2cccc(C)c2C)nc(SCc2ccccc2C)n1. The van der Waals surface area contributed by atoms with Crippen molar-refractivity contribution in [2.75, 3.05) is 0 Å². The van der Waals surface area contributed by atoms with Crippen LogP contribution in [0.2, 0.25) is 0 Å². The summed E-state index contributed by atoms with van der Waals surface area (Å²) < 4.78 is 6.08. The van der Waals surface area contributed by atoms with Crippen LogP contribution in [0.4, 0.5) is 0 Å². The van der Waals surface area contributed by atoms with Gasteiger partial charge in [-0.2, -0.15) is 4.98 Å². The summed E-state index contributed by atoms with van der Waals surface area (Å²) in [5.41, 5.74) is 5.94. The van der Waals surface area contributed by atoms with Gasteiger partial charge in [-0.05, 0) is 55.5 Å². The number of rotatable bonds is 6. The molecule has 0 bridgehead atoms. The largest absolute Gasteiger partial charge is 0.439 e. The number of nitrogens with zero attached hydrogens (tertiary/aromatic N) is 2. The van der Waals surface area contributed by atoms with Crippen molar-refractivity contribution in [1.82, 2.24) is 9.97 Å². The highest BCUT2D eigenvalue weighted by Crippen LogP contribution is 2.28. The third-order valence-electron chi connectivity index (χ3n) is 4.48. The number of hydrogen-bond donors (Lipinski definition) is 0. The van der Waals surface area contributed by atoms with Crippen LogP contribution in [0.3, 0.4) is 0 Å². The predicted molar refractivity (Wildman–Crippen MR) is 108 cm³/mol. The Hall–Kier alpha value is -2.33. The van der Waals surface area contributed by atoms with Crippen molar-refractivity contribution < 1.29 is 4.74 Å². The lowest BCUT2D eigenvalue weighted by Gasteiger charge is -2.12. The lowest BCUT2D eigenvalue weighted by Crippen LogP contribution is -1.99. The average Bonchev–Trinajstić information content (AvgIpc) is 2.64. The summed E-state index contributed by atoms with van der Waals surface area (Å²) in [6.45, 7) is 8.39. The Balaban J connectivity index is 1.82. The lowest BCUT2D eigenvalue weighted by atomic mass is 10.1. The molecule has 0 spiro atoms. The maximum atomic E-state index is 6.08. The Morgan fingerprint density at radius 3 is 2.46 bits per heavy atom. The van der Waals surface area contributed by atoms with Crippen LogP contribution in [0.5, 0.6) is 11.6 Å². The standard InChI is InChI=1S/C22H24N2OS/c1-5-19-13-21(25-20-12-8-10-15(2)17(20)4)24-22(23-19)26-14-18-11-7-6-9-16(18)3/h6-13H,5,14H2,1-4H3. The van der Waals surface area contributed by atoms with Gasteiger partial charge in [0.1, 0.15) is 5.75 Å². The van der Waals surface area contributed by atoms with E-state index in [1.165, 1.54) is 16.7 Å². The Bertz CT molecular complexity index is 908. The van der Waals surface area contributed by atoms with Crippen LogP contribution in [0.25, 0.3) is 0 Å². The van der Waals surface area contributed by atoms with Gasteiger partial charge in [-0.1, -0.05) is 55.1 Å². The molecule has 0 aliphatic heterocycles. The van der Waals surface area contributed by atoms with E-state index in [9.17, 15) is 0 Å². The van der Waals surface area contributed by atoms with Crippen LogP contribution in [-0.2, 0) is 12.2 Å². The van der Waals surface area contributed by atoms with Gasteiger partial charge in [0.2, 0.25) is 5.88 Å². The molecule has 3 rings (SSSR count). The molecule has 0 atom stereocenters. The van der Waals surface area contributed by atoms with E-state index in [-0.39, 0.29) is 0 Å². The van der Waals surface area contributed by atoms with Crippen LogP contribution >= 0.6 is 11.8 Å². The van der Waals surface area contributed by atoms with Gasteiger partial charge in [-0.3, -0.25) is 0 Å². The second-order valence-corrected chi connectivity index (χ2v) is 7.29. The quantitative estimate of drug-likeness (QED) is 0.394. The summed E-state index contributed by atoms with van der Waals surface area (Å²) in [6, 6.07) is 16.4. The first-order chi connectivity index (χ1) is 12.6. The van der Waals surface area contributed by atoms with E-state index in [1.54, 1.807) is 11.8 Å². The fraction of sp³-hybridized carbons (Fsp3) is 0.273. The van der Waals surface area contributed by atoms with Crippen LogP contribution in [0.15, 0.2) is 53.7 Å². The molecule has 4 heteroatoms. The van der Waals surface area contributed by atoms with Crippen molar-refractivity contribution in [3.63, 3.8) is 0 Å². The van der Waals surface area contributed by atoms with Crippen LogP contribution < -0.4 is 4.74 Å². The van der Waals surface area contributed by atoms with Crippen molar-refractivity contribution >= 4 is 11.8 Å². The molecular weight excluding hydrogens is 340 g/mol. The molecule has 134 valence electrons. The summed E-state index contributed by atoms with van der Waals surface area (Å²) in [5.74, 6) is 2.31. The molecule has 0 aliphatic carbocycles. The summed E-state index contributed by atoms with van der Waals surface area (Å²) >= 11 is 1.65. The Morgan fingerprint density at radius 2 is 1.69 bits per heavy atom. The van der Waals surface area contributed by atoms with E-state index in [2.05, 4.69) is 68.0 Å². The second kappa shape index (κ2) is 8.37. The zero-order valence-electron chi connectivity index (χ0n) is 15.7. The monoisotopic (exact) mass is 364 g/mol. The summed E-state index contributed by atoms with van der Waals surface area (Å²) in [7, 11) is 0. The number of thioether (sulfide) groups is 1. The van der Waals surface area contributed by atoms with Gasteiger partial charge in [-0.25, -0.2) is 4.98 Å². The maximum absolute atomic E-state index is 6.08. The van der Waals surface area contributed by atoms with Gasteiger partial charge in [0.15, 0.2) is 5.16 Å². The highest BCUT2D eigenvalue weighted by Gasteiger charge is 2.10. The van der Waals surface area contributed by atoms with E-state index in [1.807, 2.05) is 18.2 Å². The molecule has 0 aliphatic rings. The molecular formula is C22H24N2OS. The molecule has 1 aromatic heterocycles. The van der Waals surface area contributed by atoms with Crippen molar-refractivity contribution in [1.29, 1.82) is 0 Å². The topological polar surface area (TPSA) is 35.0 Å². The predicted octanol–water partition coefficient (Wildman–Crippen LogP) is 6.05. The number of aromatic nitrogens is 2. The molecule has 3 aromatic rings. The number of benzene rings is 2. The van der Waals surface area contributed by atoms with E-state index in [4.69, 9.17) is 4.74 Å². The van der Waals surface area contributed by atoms with Gasteiger partial charge >= 0.3 is 0 Å². The zero-order valence-corrected chi connectivity index (χ0v) is 16.6. The molecule has 0 saturated heterocycles. The molecule has 0 N–H and O–H groups in total. The summed E-state index contributed by atoms with van der Waals surface area (Å²) in [6.07, 6.45) is 0.851. The second-order valence-electron chi connectivity index (χ2n) is 6.35. The molecule has 0 fully saturated rings. The van der Waals surface area contributed by atoms with Gasteiger partial charge in [0, 0.05) is 17.5 Å². The minimum Gasteiger partial charge on any atom is -0.439 e. The molecule has 3 nitrogen and oxygen atoms in total. The fourth-order valence-electron chi connectivity index (χ4n) is 2.61. The molecule has 0 saturated carbocycles. The highest BCUT2D eigenvalue weighted by atomic mass is 32.2. The van der Waals surface area contributed by atoms with Gasteiger partial charge in [-0.15, -0.1) is 0 Å². The van der Waals surface area contributed by atoms with E-state index in [0.29, 0.717) is 5.88 Å². The normalized spacial score (nSPS) is 10.8. The fourth-order valence-corrected chi connectivity index (χ4v) is 3.55. The van der Waals surface area contributed by atoms with Gasteiger partial charge in [0.05, 0.1) is 0 Å². The summed E-state index contributed by atoms with van der Waals surface area (Å²) in [4.78, 5) is 9.27. The van der Waals surface area contributed by atoms with E-state index < -0.39 is 0 Å². The number of hydrogen-bond acceptors (Lipinski definition) is 4. The van der Waals surface area contributed by atoms with Gasteiger partial charge in [0.25, 0.3) is 0 Å². The first-order valence-corrected chi connectivity index (χ1v) is 9.84. The van der Waals surface area contributed by atoms with Crippen LogP contribution in [0, 0.1) is 20.8 Å². The average molecular weight is 365 g/mol. The molecule has 0 amide bonds. The van der Waals surface area contributed by atoms with E-state index >= 15 is 0 Å². The molecule has 0 radical (unpaired) electrons. The molecule has 2 aromatic carbocycles. The van der Waals surface area contributed by atoms with Crippen LogP contribution in [0.1, 0.15) is 34.9 Å².